The Hall–Kier alpha value is -2.95. The van der Waals surface area contributed by atoms with E-state index < -0.39 is 0 Å². The topological polar surface area (TPSA) is 64.1 Å². The van der Waals surface area contributed by atoms with E-state index in [-0.39, 0.29) is 5.91 Å². The van der Waals surface area contributed by atoms with Crippen LogP contribution in [0.2, 0.25) is 0 Å². The van der Waals surface area contributed by atoms with E-state index in [1.165, 1.54) is 6.33 Å². The van der Waals surface area contributed by atoms with Crippen molar-refractivity contribution in [1.29, 1.82) is 0 Å². The van der Waals surface area contributed by atoms with Crippen LogP contribution >= 0.6 is 0 Å². The van der Waals surface area contributed by atoms with E-state index in [0.717, 1.165) is 41.3 Å². The van der Waals surface area contributed by atoms with Gasteiger partial charge >= 0.3 is 0 Å². The fraction of sp³-hybridized carbons (Fsp3) is 0.211. The number of fused-ring (bicyclic) bond motifs is 2. The molecule has 4 rings (SSSR count). The summed E-state index contributed by atoms with van der Waals surface area (Å²) in [6.45, 7) is 0. The van der Waals surface area contributed by atoms with Gasteiger partial charge in [0, 0.05) is 11.3 Å². The second kappa shape index (κ2) is 5.92. The molecule has 0 saturated carbocycles. The molecule has 0 atom stereocenters. The number of rotatable bonds is 3. The number of aryl methyl sites for hydroxylation is 1. The van der Waals surface area contributed by atoms with E-state index in [2.05, 4.69) is 15.3 Å². The minimum absolute atomic E-state index is 0.217. The van der Waals surface area contributed by atoms with Crippen LogP contribution in [0.5, 0.6) is 5.75 Å². The number of ether oxygens (including phenoxy) is 1. The Morgan fingerprint density at radius 1 is 1.12 bits per heavy atom. The Bertz CT molecular complexity index is 937. The molecule has 1 amide bonds. The summed E-state index contributed by atoms with van der Waals surface area (Å²) in [6, 6.07) is 11.6. The van der Waals surface area contributed by atoms with Crippen LogP contribution in [0.4, 0.5) is 5.82 Å². The number of benzene rings is 2. The van der Waals surface area contributed by atoms with Crippen LogP contribution in [-0.2, 0) is 12.8 Å². The standard InChI is InChI=1S/C19H17N3O2/c1-24-17-10-13-6-3-2-5-12(13)9-15(17)19(23)22-18-14-7-4-8-16(14)20-11-21-18/h2-3,5-6,9-11H,4,7-8H2,1H3,(H,20,21,22,23). The minimum Gasteiger partial charge on any atom is -0.496 e. The summed E-state index contributed by atoms with van der Waals surface area (Å²) in [7, 11) is 1.57. The normalized spacial score (nSPS) is 12.9. The van der Waals surface area contributed by atoms with E-state index >= 15 is 0 Å². The molecule has 1 aliphatic carbocycles. The number of carbonyl (C=O) groups excluding carboxylic acids is 1. The number of amides is 1. The Kier molecular flexibility index (Phi) is 3.61. The lowest BCUT2D eigenvalue weighted by molar-refractivity contribution is 0.102. The van der Waals surface area contributed by atoms with Crippen molar-refractivity contribution in [2.75, 3.05) is 12.4 Å². The molecule has 1 aliphatic rings. The number of aromatic nitrogens is 2. The molecule has 0 bridgehead atoms. The molecular weight excluding hydrogens is 302 g/mol. The van der Waals surface area contributed by atoms with Gasteiger partial charge in [0.1, 0.15) is 17.9 Å². The van der Waals surface area contributed by atoms with E-state index in [9.17, 15) is 4.79 Å². The fourth-order valence-electron chi connectivity index (χ4n) is 3.21. The van der Waals surface area contributed by atoms with Crippen molar-refractivity contribution < 1.29 is 9.53 Å². The van der Waals surface area contributed by atoms with Crippen LogP contribution in [0, 0.1) is 0 Å². The second-order valence-electron chi connectivity index (χ2n) is 5.85. The van der Waals surface area contributed by atoms with Crippen molar-refractivity contribution in [3.8, 4) is 5.75 Å². The summed E-state index contributed by atoms with van der Waals surface area (Å²) in [5, 5.41) is 4.96. The van der Waals surface area contributed by atoms with Gasteiger partial charge in [-0.05, 0) is 42.2 Å². The first-order valence-corrected chi connectivity index (χ1v) is 7.97. The van der Waals surface area contributed by atoms with E-state index in [1.54, 1.807) is 7.11 Å². The van der Waals surface area contributed by atoms with E-state index in [4.69, 9.17) is 4.74 Å². The molecule has 0 saturated heterocycles. The molecule has 1 N–H and O–H groups in total. The van der Waals surface area contributed by atoms with Crippen molar-refractivity contribution in [1.82, 2.24) is 9.97 Å². The van der Waals surface area contributed by atoms with Gasteiger partial charge in [-0.25, -0.2) is 9.97 Å². The maximum atomic E-state index is 12.8. The molecule has 120 valence electrons. The Labute approximate surface area is 139 Å². The number of anilines is 1. The lowest BCUT2D eigenvalue weighted by Crippen LogP contribution is -2.16. The van der Waals surface area contributed by atoms with Crippen LogP contribution < -0.4 is 10.1 Å². The fourth-order valence-corrected chi connectivity index (χ4v) is 3.21. The van der Waals surface area contributed by atoms with Crippen molar-refractivity contribution in [2.45, 2.75) is 19.3 Å². The number of hydrogen-bond donors (Lipinski definition) is 1. The third-order valence-electron chi connectivity index (χ3n) is 4.42. The summed E-state index contributed by atoms with van der Waals surface area (Å²) in [5.41, 5.74) is 2.58. The monoisotopic (exact) mass is 319 g/mol. The summed E-state index contributed by atoms with van der Waals surface area (Å²) >= 11 is 0. The number of carbonyl (C=O) groups is 1. The molecule has 0 spiro atoms. The molecule has 5 nitrogen and oxygen atoms in total. The molecule has 0 aliphatic heterocycles. The zero-order valence-corrected chi connectivity index (χ0v) is 13.4. The molecule has 1 heterocycles. The molecule has 1 aromatic heterocycles. The summed E-state index contributed by atoms with van der Waals surface area (Å²) in [5.74, 6) is 0.944. The predicted molar refractivity (Wildman–Crippen MR) is 92.5 cm³/mol. The lowest BCUT2D eigenvalue weighted by atomic mass is 10.1. The molecular formula is C19H17N3O2. The first-order chi connectivity index (χ1) is 11.8. The predicted octanol–water partition coefficient (Wildman–Crippen LogP) is 3.38. The Morgan fingerprint density at radius 3 is 2.71 bits per heavy atom. The largest absolute Gasteiger partial charge is 0.496 e. The summed E-state index contributed by atoms with van der Waals surface area (Å²) in [6.07, 6.45) is 4.41. The van der Waals surface area contributed by atoms with Gasteiger partial charge in [0.05, 0.1) is 12.7 Å². The van der Waals surface area contributed by atoms with Crippen LogP contribution in [0.25, 0.3) is 10.8 Å². The SMILES string of the molecule is COc1cc2ccccc2cc1C(=O)Nc1ncnc2c1CCC2. The van der Waals surface area contributed by atoms with Gasteiger partial charge in [0.2, 0.25) is 0 Å². The molecule has 0 unspecified atom stereocenters. The quantitative estimate of drug-likeness (QED) is 0.804. The number of methoxy groups -OCH3 is 1. The van der Waals surface area contributed by atoms with Crippen molar-refractivity contribution in [3.05, 3.63) is 59.5 Å². The minimum atomic E-state index is -0.217. The first kappa shape index (κ1) is 14.6. The third-order valence-corrected chi connectivity index (χ3v) is 4.42. The third kappa shape index (κ3) is 2.48. The highest BCUT2D eigenvalue weighted by Gasteiger charge is 2.20. The molecule has 2 aromatic carbocycles. The van der Waals surface area contributed by atoms with Gasteiger partial charge in [-0.2, -0.15) is 0 Å². The van der Waals surface area contributed by atoms with E-state index in [1.807, 2.05) is 36.4 Å². The average molecular weight is 319 g/mol. The second-order valence-corrected chi connectivity index (χ2v) is 5.85. The zero-order valence-electron chi connectivity index (χ0n) is 13.4. The van der Waals surface area contributed by atoms with Gasteiger partial charge in [-0.1, -0.05) is 24.3 Å². The summed E-state index contributed by atoms with van der Waals surface area (Å²) < 4.78 is 5.41. The maximum absolute atomic E-state index is 12.8. The van der Waals surface area contributed by atoms with Crippen LogP contribution in [0.3, 0.4) is 0 Å². The van der Waals surface area contributed by atoms with Crippen LogP contribution in [-0.4, -0.2) is 23.0 Å². The van der Waals surface area contributed by atoms with Crippen molar-refractivity contribution in [3.63, 3.8) is 0 Å². The smallest absolute Gasteiger partial charge is 0.260 e. The highest BCUT2D eigenvalue weighted by molar-refractivity contribution is 6.08. The maximum Gasteiger partial charge on any atom is 0.260 e. The van der Waals surface area contributed by atoms with Crippen LogP contribution in [0.1, 0.15) is 28.0 Å². The lowest BCUT2D eigenvalue weighted by Gasteiger charge is -2.12. The molecule has 5 heteroatoms. The first-order valence-electron chi connectivity index (χ1n) is 7.97. The highest BCUT2D eigenvalue weighted by Crippen LogP contribution is 2.29. The molecule has 0 radical (unpaired) electrons. The number of nitrogens with one attached hydrogen (secondary N) is 1. The average Bonchev–Trinajstić information content (AvgIpc) is 3.10. The summed E-state index contributed by atoms with van der Waals surface area (Å²) in [4.78, 5) is 21.3. The van der Waals surface area contributed by atoms with Crippen LogP contribution in [0.15, 0.2) is 42.7 Å². The van der Waals surface area contributed by atoms with Gasteiger partial charge in [0.15, 0.2) is 0 Å². The van der Waals surface area contributed by atoms with Crippen molar-refractivity contribution >= 4 is 22.5 Å². The van der Waals surface area contributed by atoms with Gasteiger partial charge in [-0.3, -0.25) is 4.79 Å². The highest BCUT2D eigenvalue weighted by atomic mass is 16.5. The van der Waals surface area contributed by atoms with E-state index in [0.29, 0.717) is 17.1 Å². The number of nitrogens with zero attached hydrogens (tertiary/aromatic N) is 2. The van der Waals surface area contributed by atoms with Gasteiger partial charge < -0.3 is 10.1 Å². The van der Waals surface area contributed by atoms with Gasteiger partial charge in [0.25, 0.3) is 5.91 Å². The zero-order chi connectivity index (χ0) is 16.5. The van der Waals surface area contributed by atoms with Crippen molar-refractivity contribution in [2.24, 2.45) is 0 Å². The Balaban J connectivity index is 1.72. The molecule has 24 heavy (non-hydrogen) atoms. The molecule has 3 aromatic rings. The number of hydrogen-bond acceptors (Lipinski definition) is 4. The molecule has 0 fully saturated rings. The Morgan fingerprint density at radius 2 is 1.92 bits per heavy atom. The van der Waals surface area contributed by atoms with Gasteiger partial charge in [-0.15, -0.1) is 0 Å².